The summed E-state index contributed by atoms with van der Waals surface area (Å²) in [4.78, 5) is 29.2. The van der Waals surface area contributed by atoms with Crippen LogP contribution in [0.15, 0.2) is 11.1 Å². The number of nitrogens with one attached hydrogen (secondary N) is 2. The third-order valence-electron chi connectivity index (χ3n) is 2.45. The van der Waals surface area contributed by atoms with E-state index in [-0.39, 0.29) is 11.5 Å². The highest BCUT2D eigenvalue weighted by molar-refractivity contribution is 5.76. The molecule has 2 heterocycles. The van der Waals surface area contributed by atoms with Gasteiger partial charge in [-0.05, 0) is 0 Å². The summed E-state index contributed by atoms with van der Waals surface area (Å²) in [6.45, 7) is 0.416. The number of nitrogens with zero attached hydrogens (tertiary/aromatic N) is 1. The number of H-pyrrole nitrogens is 1. The van der Waals surface area contributed by atoms with E-state index in [0.29, 0.717) is 24.2 Å². The van der Waals surface area contributed by atoms with Crippen molar-refractivity contribution in [3.63, 3.8) is 0 Å². The molecule has 2 rings (SSSR count). The monoisotopic (exact) mass is 209 g/mol. The van der Waals surface area contributed by atoms with Crippen LogP contribution in [0.4, 0.5) is 0 Å². The van der Waals surface area contributed by atoms with E-state index in [0.717, 1.165) is 0 Å². The Hall–Kier alpha value is -1.69. The van der Waals surface area contributed by atoms with Crippen molar-refractivity contribution in [1.29, 1.82) is 0 Å². The number of aromatic nitrogens is 2. The molecule has 15 heavy (non-hydrogen) atoms. The van der Waals surface area contributed by atoms with Gasteiger partial charge in [-0.1, -0.05) is 0 Å². The van der Waals surface area contributed by atoms with Gasteiger partial charge < -0.3 is 9.72 Å². The molecule has 2 N–H and O–H groups in total. The maximum absolute atomic E-state index is 11.4. The third kappa shape index (κ3) is 1.75. The average molecular weight is 209 g/mol. The number of hydrogen-bond acceptors (Lipinski definition) is 5. The first-order valence-electron chi connectivity index (χ1n) is 4.59. The molecule has 0 spiro atoms. The third-order valence-corrected chi connectivity index (χ3v) is 2.45. The van der Waals surface area contributed by atoms with Crippen molar-refractivity contribution in [1.82, 2.24) is 15.3 Å². The molecule has 80 valence electrons. The second kappa shape index (κ2) is 3.82. The second-order valence-corrected chi connectivity index (χ2v) is 3.32. The van der Waals surface area contributed by atoms with Crippen LogP contribution in [0, 0.1) is 0 Å². The van der Waals surface area contributed by atoms with Crippen molar-refractivity contribution in [2.24, 2.45) is 0 Å². The fourth-order valence-corrected chi connectivity index (χ4v) is 1.63. The lowest BCUT2D eigenvalue weighted by Crippen LogP contribution is -2.44. The van der Waals surface area contributed by atoms with Gasteiger partial charge in [0.1, 0.15) is 6.04 Å². The fraction of sp³-hybridized carbons (Fsp3) is 0.444. The van der Waals surface area contributed by atoms with Crippen molar-refractivity contribution >= 4 is 5.97 Å². The van der Waals surface area contributed by atoms with E-state index in [4.69, 9.17) is 0 Å². The average Bonchev–Trinajstić information content (AvgIpc) is 2.28. The largest absolute Gasteiger partial charge is 0.468 e. The zero-order valence-corrected chi connectivity index (χ0v) is 8.24. The standard InChI is InChI=1S/C9H11N3O3/c1-15-9(14)6-2-5-7(3-10-6)11-4-12-8(5)13/h4,6,10H,2-3H2,1H3,(H,11,12,13). The maximum Gasteiger partial charge on any atom is 0.323 e. The van der Waals surface area contributed by atoms with Gasteiger partial charge in [-0.25, -0.2) is 4.98 Å². The quantitative estimate of drug-likeness (QED) is 0.577. The molecule has 0 amide bonds. The summed E-state index contributed by atoms with van der Waals surface area (Å²) in [7, 11) is 1.33. The van der Waals surface area contributed by atoms with Gasteiger partial charge in [0.15, 0.2) is 0 Å². The summed E-state index contributed by atoms with van der Waals surface area (Å²) in [6.07, 6.45) is 1.69. The minimum absolute atomic E-state index is 0.185. The Balaban J connectivity index is 2.30. The number of carbonyl (C=O) groups is 1. The first-order valence-corrected chi connectivity index (χ1v) is 4.59. The number of methoxy groups -OCH3 is 1. The molecule has 0 bridgehead atoms. The van der Waals surface area contributed by atoms with E-state index < -0.39 is 6.04 Å². The highest BCUT2D eigenvalue weighted by Gasteiger charge is 2.26. The minimum Gasteiger partial charge on any atom is -0.468 e. The summed E-state index contributed by atoms with van der Waals surface area (Å²) >= 11 is 0. The number of aromatic amines is 1. The smallest absolute Gasteiger partial charge is 0.323 e. The van der Waals surface area contributed by atoms with Crippen molar-refractivity contribution in [2.45, 2.75) is 19.0 Å². The first-order chi connectivity index (χ1) is 7.22. The zero-order valence-electron chi connectivity index (χ0n) is 8.24. The minimum atomic E-state index is -0.451. The SMILES string of the molecule is COC(=O)C1Cc2c(nc[nH]c2=O)CN1. The summed E-state index contributed by atoms with van der Waals surface area (Å²) in [5, 5.41) is 2.96. The van der Waals surface area contributed by atoms with E-state index in [1.54, 1.807) is 0 Å². The number of carbonyl (C=O) groups excluding carboxylic acids is 1. The Labute approximate surface area is 85.7 Å². The summed E-state index contributed by atoms with van der Waals surface area (Å²) in [5.74, 6) is -0.357. The van der Waals surface area contributed by atoms with Crippen LogP contribution < -0.4 is 10.9 Å². The van der Waals surface area contributed by atoms with Gasteiger partial charge in [-0.15, -0.1) is 0 Å². The highest BCUT2D eigenvalue weighted by Crippen LogP contribution is 2.10. The topological polar surface area (TPSA) is 84.1 Å². The molecule has 1 unspecified atom stereocenters. The molecular formula is C9H11N3O3. The Morgan fingerprint density at radius 2 is 2.47 bits per heavy atom. The highest BCUT2D eigenvalue weighted by atomic mass is 16.5. The number of hydrogen-bond donors (Lipinski definition) is 2. The van der Waals surface area contributed by atoms with Crippen molar-refractivity contribution in [2.75, 3.05) is 7.11 Å². The van der Waals surface area contributed by atoms with Gasteiger partial charge in [0, 0.05) is 18.5 Å². The predicted molar refractivity (Wildman–Crippen MR) is 51.2 cm³/mol. The Kier molecular flexibility index (Phi) is 2.51. The second-order valence-electron chi connectivity index (χ2n) is 3.32. The van der Waals surface area contributed by atoms with Crippen LogP contribution in [0.25, 0.3) is 0 Å². The summed E-state index contributed by atoms with van der Waals surface area (Å²) in [6, 6.07) is -0.451. The van der Waals surface area contributed by atoms with E-state index in [9.17, 15) is 9.59 Å². The fourth-order valence-electron chi connectivity index (χ4n) is 1.63. The molecule has 1 aliphatic rings. The molecule has 0 saturated heterocycles. The van der Waals surface area contributed by atoms with Gasteiger partial charge in [0.25, 0.3) is 5.56 Å². The molecule has 0 fully saturated rings. The zero-order chi connectivity index (χ0) is 10.8. The van der Waals surface area contributed by atoms with Crippen LogP contribution >= 0.6 is 0 Å². The Morgan fingerprint density at radius 1 is 1.67 bits per heavy atom. The summed E-state index contributed by atoms with van der Waals surface area (Å²) < 4.78 is 4.61. The van der Waals surface area contributed by atoms with Crippen molar-refractivity contribution in [3.05, 3.63) is 27.9 Å². The molecule has 6 nitrogen and oxygen atoms in total. The number of rotatable bonds is 1. The molecule has 1 aliphatic heterocycles. The molecule has 0 aromatic carbocycles. The van der Waals surface area contributed by atoms with Gasteiger partial charge in [-0.3, -0.25) is 14.9 Å². The van der Waals surface area contributed by atoms with Crippen molar-refractivity contribution < 1.29 is 9.53 Å². The predicted octanol–water partition coefficient (Wildman–Crippen LogP) is -1.04. The van der Waals surface area contributed by atoms with E-state index in [1.807, 2.05) is 0 Å². The van der Waals surface area contributed by atoms with Gasteiger partial charge in [0.05, 0.1) is 19.1 Å². The lowest BCUT2D eigenvalue weighted by atomic mass is 10.0. The first kappa shape index (κ1) is 9.85. The molecule has 6 heteroatoms. The van der Waals surface area contributed by atoms with Gasteiger partial charge in [-0.2, -0.15) is 0 Å². The van der Waals surface area contributed by atoms with Gasteiger partial charge in [0.2, 0.25) is 0 Å². The molecule has 0 saturated carbocycles. The maximum atomic E-state index is 11.4. The molecule has 1 aromatic rings. The van der Waals surface area contributed by atoms with Gasteiger partial charge >= 0.3 is 5.97 Å². The Bertz CT molecular complexity index is 440. The number of ether oxygens (including phenoxy) is 1. The van der Waals surface area contributed by atoms with Crippen LogP contribution in [0.3, 0.4) is 0 Å². The molecule has 0 aliphatic carbocycles. The summed E-state index contributed by atoms with van der Waals surface area (Å²) in [5.41, 5.74) is 1.07. The van der Waals surface area contributed by atoms with Crippen LogP contribution in [0.2, 0.25) is 0 Å². The van der Waals surface area contributed by atoms with Crippen LogP contribution in [0.1, 0.15) is 11.3 Å². The molecule has 1 aromatic heterocycles. The number of fused-ring (bicyclic) bond motifs is 1. The lowest BCUT2D eigenvalue weighted by molar-refractivity contribution is -0.143. The molecule has 0 radical (unpaired) electrons. The van der Waals surface area contributed by atoms with Crippen LogP contribution in [0.5, 0.6) is 0 Å². The van der Waals surface area contributed by atoms with E-state index in [2.05, 4.69) is 20.0 Å². The molecule has 1 atom stereocenters. The number of esters is 1. The lowest BCUT2D eigenvalue weighted by Gasteiger charge is -2.22. The van der Waals surface area contributed by atoms with Crippen LogP contribution in [-0.2, 0) is 22.5 Å². The van der Waals surface area contributed by atoms with Crippen LogP contribution in [-0.4, -0.2) is 29.1 Å². The normalized spacial score (nSPS) is 19.4. The van der Waals surface area contributed by atoms with E-state index >= 15 is 0 Å². The van der Waals surface area contributed by atoms with E-state index in [1.165, 1.54) is 13.4 Å². The Morgan fingerprint density at radius 3 is 3.20 bits per heavy atom. The van der Waals surface area contributed by atoms with Crippen molar-refractivity contribution in [3.8, 4) is 0 Å². The molecular weight excluding hydrogens is 198 g/mol.